The Bertz CT molecular complexity index is 351. The zero-order valence-electron chi connectivity index (χ0n) is 8.09. The molecule has 0 saturated carbocycles. The number of amides is 1. The van der Waals surface area contributed by atoms with Gasteiger partial charge in [-0.05, 0) is 12.1 Å². The summed E-state index contributed by atoms with van der Waals surface area (Å²) >= 11 is 0. The van der Waals surface area contributed by atoms with E-state index in [9.17, 15) is 9.59 Å². The van der Waals surface area contributed by atoms with Crippen LogP contribution in [0.4, 0.5) is 0 Å². The van der Waals surface area contributed by atoms with Gasteiger partial charge in [-0.3, -0.25) is 14.6 Å². The third-order valence-corrected chi connectivity index (χ3v) is 1.85. The predicted molar refractivity (Wildman–Crippen MR) is 53.9 cm³/mol. The van der Waals surface area contributed by atoms with Crippen LogP contribution in [-0.2, 0) is 4.79 Å². The van der Waals surface area contributed by atoms with E-state index >= 15 is 0 Å². The van der Waals surface area contributed by atoms with Crippen LogP contribution < -0.4 is 5.84 Å². The molecule has 0 spiro atoms. The van der Waals surface area contributed by atoms with E-state index < -0.39 is 5.97 Å². The molecule has 5 nitrogen and oxygen atoms in total. The van der Waals surface area contributed by atoms with Gasteiger partial charge < -0.3 is 5.11 Å². The maximum Gasteiger partial charge on any atom is 0.305 e. The molecule has 0 aliphatic heterocycles. The Hall–Kier alpha value is -1.88. The number of hydrazine groups is 1. The van der Waals surface area contributed by atoms with E-state index in [1.165, 1.54) is 0 Å². The molecule has 1 rings (SSSR count). The Morgan fingerprint density at radius 2 is 1.87 bits per heavy atom. The largest absolute Gasteiger partial charge is 0.481 e. The molecule has 0 fully saturated rings. The van der Waals surface area contributed by atoms with Crippen molar-refractivity contribution in [2.24, 2.45) is 5.84 Å². The average Bonchev–Trinajstić information content (AvgIpc) is 2.26. The third kappa shape index (κ3) is 3.40. The van der Waals surface area contributed by atoms with Gasteiger partial charge in [0.05, 0.1) is 6.42 Å². The van der Waals surface area contributed by atoms with E-state index in [1.807, 2.05) is 0 Å². The molecular formula is C10H12N2O3. The molecule has 0 aliphatic carbocycles. The van der Waals surface area contributed by atoms with Gasteiger partial charge in [0.15, 0.2) is 0 Å². The lowest BCUT2D eigenvalue weighted by Crippen LogP contribution is -2.38. The first-order valence-corrected chi connectivity index (χ1v) is 4.44. The van der Waals surface area contributed by atoms with Crippen molar-refractivity contribution < 1.29 is 14.7 Å². The van der Waals surface area contributed by atoms with Crippen molar-refractivity contribution in [1.29, 1.82) is 0 Å². The fourth-order valence-corrected chi connectivity index (χ4v) is 1.06. The first-order chi connectivity index (χ1) is 7.11. The number of nitrogens with two attached hydrogens (primary N) is 1. The first kappa shape index (κ1) is 11.2. The zero-order valence-corrected chi connectivity index (χ0v) is 8.09. The van der Waals surface area contributed by atoms with Crippen LogP contribution in [0.3, 0.4) is 0 Å². The Morgan fingerprint density at radius 1 is 1.27 bits per heavy atom. The van der Waals surface area contributed by atoms with Gasteiger partial charge in [0, 0.05) is 12.1 Å². The highest BCUT2D eigenvalue weighted by Crippen LogP contribution is 2.01. The second-order valence-corrected chi connectivity index (χ2v) is 3.01. The summed E-state index contributed by atoms with van der Waals surface area (Å²) in [5, 5.41) is 9.33. The number of carboxylic acids is 1. The monoisotopic (exact) mass is 208 g/mol. The van der Waals surface area contributed by atoms with Gasteiger partial charge in [-0.15, -0.1) is 0 Å². The Balaban J connectivity index is 2.57. The number of hydrogen-bond acceptors (Lipinski definition) is 3. The maximum atomic E-state index is 11.6. The molecule has 0 bridgehead atoms. The van der Waals surface area contributed by atoms with Crippen molar-refractivity contribution in [3.8, 4) is 0 Å². The first-order valence-electron chi connectivity index (χ1n) is 4.44. The Morgan fingerprint density at radius 3 is 2.40 bits per heavy atom. The molecule has 3 N–H and O–H groups in total. The van der Waals surface area contributed by atoms with Crippen LogP contribution in [0.25, 0.3) is 0 Å². The molecule has 5 heteroatoms. The Kier molecular flexibility index (Phi) is 3.82. The van der Waals surface area contributed by atoms with Crippen molar-refractivity contribution in [2.75, 3.05) is 6.54 Å². The molecule has 1 amide bonds. The predicted octanol–water partition coefficient (Wildman–Crippen LogP) is 0.477. The SMILES string of the molecule is NN(CCC(=O)O)C(=O)c1ccccc1. The molecule has 15 heavy (non-hydrogen) atoms. The molecule has 0 aliphatic rings. The van der Waals surface area contributed by atoms with Crippen LogP contribution >= 0.6 is 0 Å². The molecule has 0 aromatic heterocycles. The highest BCUT2D eigenvalue weighted by molar-refractivity contribution is 5.93. The minimum absolute atomic E-state index is 0.00304. The fraction of sp³-hybridized carbons (Fsp3) is 0.200. The summed E-state index contributed by atoms with van der Waals surface area (Å²) in [4.78, 5) is 21.8. The molecule has 0 unspecified atom stereocenters. The van der Waals surface area contributed by atoms with Crippen LogP contribution in [0.2, 0.25) is 0 Å². The number of nitrogens with zero attached hydrogens (tertiary/aromatic N) is 1. The van der Waals surface area contributed by atoms with Crippen molar-refractivity contribution >= 4 is 11.9 Å². The van der Waals surface area contributed by atoms with Gasteiger partial charge in [0.25, 0.3) is 5.91 Å². The number of rotatable bonds is 4. The molecule has 0 atom stereocenters. The topological polar surface area (TPSA) is 83.6 Å². The molecular weight excluding hydrogens is 196 g/mol. The Labute approximate surface area is 87.1 Å². The summed E-state index contributed by atoms with van der Waals surface area (Å²) in [6, 6.07) is 8.48. The minimum Gasteiger partial charge on any atom is -0.481 e. The van der Waals surface area contributed by atoms with Crippen LogP contribution in [-0.4, -0.2) is 28.5 Å². The summed E-state index contributed by atoms with van der Waals surface area (Å²) in [6.45, 7) is 0.00304. The number of benzene rings is 1. The summed E-state index contributed by atoms with van der Waals surface area (Å²) in [7, 11) is 0. The van der Waals surface area contributed by atoms with Gasteiger partial charge in [0.1, 0.15) is 0 Å². The standard InChI is InChI=1S/C10H12N2O3/c11-12(7-6-9(13)14)10(15)8-4-2-1-3-5-8/h1-5H,6-7,11H2,(H,13,14). The highest BCUT2D eigenvalue weighted by Gasteiger charge is 2.12. The number of carbonyl (C=O) groups is 2. The minimum atomic E-state index is -0.980. The average molecular weight is 208 g/mol. The summed E-state index contributed by atoms with van der Waals surface area (Å²) in [5.74, 6) is 4.06. The lowest BCUT2D eigenvalue weighted by Gasteiger charge is -2.15. The van der Waals surface area contributed by atoms with E-state index in [4.69, 9.17) is 10.9 Å². The number of aliphatic carboxylic acids is 1. The van der Waals surface area contributed by atoms with Crippen LogP contribution in [0, 0.1) is 0 Å². The van der Waals surface area contributed by atoms with E-state index in [-0.39, 0.29) is 18.9 Å². The van der Waals surface area contributed by atoms with E-state index in [1.54, 1.807) is 30.3 Å². The van der Waals surface area contributed by atoms with Crippen molar-refractivity contribution in [1.82, 2.24) is 5.01 Å². The van der Waals surface area contributed by atoms with Crippen LogP contribution in [0.15, 0.2) is 30.3 Å². The van der Waals surface area contributed by atoms with Gasteiger partial charge in [0.2, 0.25) is 0 Å². The van der Waals surface area contributed by atoms with Gasteiger partial charge in [-0.1, -0.05) is 18.2 Å². The van der Waals surface area contributed by atoms with Gasteiger partial charge in [-0.2, -0.15) is 0 Å². The molecule has 1 aromatic rings. The van der Waals surface area contributed by atoms with E-state index in [2.05, 4.69) is 0 Å². The number of hydrogen-bond donors (Lipinski definition) is 2. The fourth-order valence-electron chi connectivity index (χ4n) is 1.06. The van der Waals surface area contributed by atoms with E-state index in [0.717, 1.165) is 5.01 Å². The molecule has 80 valence electrons. The maximum absolute atomic E-state index is 11.6. The third-order valence-electron chi connectivity index (χ3n) is 1.85. The lowest BCUT2D eigenvalue weighted by molar-refractivity contribution is -0.137. The highest BCUT2D eigenvalue weighted by atomic mass is 16.4. The molecule has 0 radical (unpaired) electrons. The molecule has 1 aromatic carbocycles. The second kappa shape index (κ2) is 5.11. The lowest BCUT2D eigenvalue weighted by atomic mass is 10.2. The van der Waals surface area contributed by atoms with Crippen molar-refractivity contribution in [2.45, 2.75) is 6.42 Å². The second-order valence-electron chi connectivity index (χ2n) is 3.01. The number of carbonyl (C=O) groups excluding carboxylic acids is 1. The molecule has 0 heterocycles. The number of carboxylic acid groups (broad SMARTS) is 1. The summed E-state index contributed by atoms with van der Waals surface area (Å²) < 4.78 is 0. The normalized spacial score (nSPS) is 9.67. The quantitative estimate of drug-likeness (QED) is 0.428. The zero-order chi connectivity index (χ0) is 11.3. The van der Waals surface area contributed by atoms with Gasteiger partial charge in [-0.25, -0.2) is 5.84 Å². The summed E-state index contributed by atoms with van der Waals surface area (Å²) in [5.41, 5.74) is 0.449. The van der Waals surface area contributed by atoms with Gasteiger partial charge >= 0.3 is 5.97 Å². The molecule has 0 saturated heterocycles. The van der Waals surface area contributed by atoms with Crippen LogP contribution in [0.1, 0.15) is 16.8 Å². The van der Waals surface area contributed by atoms with Crippen molar-refractivity contribution in [3.05, 3.63) is 35.9 Å². The van der Waals surface area contributed by atoms with Crippen molar-refractivity contribution in [3.63, 3.8) is 0 Å². The summed E-state index contributed by atoms with van der Waals surface area (Å²) in [6.07, 6.45) is -0.158. The smallest absolute Gasteiger partial charge is 0.305 e. The van der Waals surface area contributed by atoms with E-state index in [0.29, 0.717) is 5.56 Å². The van der Waals surface area contributed by atoms with Crippen LogP contribution in [0.5, 0.6) is 0 Å².